The molecule has 1 aromatic heterocycles. The van der Waals surface area contributed by atoms with Crippen LogP contribution in [0.25, 0.3) is 0 Å². The third-order valence-corrected chi connectivity index (χ3v) is 3.15. The summed E-state index contributed by atoms with van der Waals surface area (Å²) in [6, 6.07) is 4.62. The normalized spacial score (nSPS) is 12.7. The molecule has 0 fully saturated rings. The highest BCUT2D eigenvalue weighted by molar-refractivity contribution is 7.99. The average Bonchev–Trinajstić information content (AvgIpc) is 2.67. The number of nitrogens with zero attached hydrogens (tertiary/aromatic N) is 1. The van der Waals surface area contributed by atoms with Crippen molar-refractivity contribution in [1.82, 2.24) is 4.98 Å². The fraction of sp³-hybridized carbons (Fsp3) is 0.250. The molecule has 0 radical (unpaired) electrons. The molecular formula is C12H12FNO2S. The van der Waals surface area contributed by atoms with Crippen LogP contribution in [-0.2, 0) is 0 Å². The smallest absolute Gasteiger partial charge is 0.260 e. The zero-order valence-corrected chi connectivity index (χ0v) is 10.3. The van der Waals surface area contributed by atoms with Crippen molar-refractivity contribution < 1.29 is 13.9 Å². The van der Waals surface area contributed by atoms with Crippen molar-refractivity contribution in [1.29, 1.82) is 0 Å². The third kappa shape index (κ3) is 2.87. The molecule has 1 N–H and O–H groups in total. The van der Waals surface area contributed by atoms with E-state index in [-0.39, 0.29) is 5.82 Å². The molecule has 0 aliphatic rings. The molecule has 0 aliphatic carbocycles. The molecule has 2 rings (SSSR count). The standard InChI is InChI=1S/C12H12FNO2S/c1-7-6-16-12(14-7)17-11-4-3-9(8(2)15)5-10(11)13/h3-6,8,15H,1-2H3/t8-/m1/s1. The summed E-state index contributed by atoms with van der Waals surface area (Å²) in [5, 5.41) is 9.74. The monoisotopic (exact) mass is 253 g/mol. The van der Waals surface area contributed by atoms with Crippen molar-refractivity contribution in [3.05, 3.63) is 41.5 Å². The zero-order chi connectivity index (χ0) is 12.4. The molecule has 5 heteroatoms. The second-order valence-corrected chi connectivity index (χ2v) is 4.72. The Bertz CT molecular complexity index is 525. The van der Waals surface area contributed by atoms with Crippen LogP contribution in [0.2, 0.25) is 0 Å². The number of hydrogen-bond donors (Lipinski definition) is 1. The first-order valence-corrected chi connectivity index (χ1v) is 5.95. The number of aliphatic hydroxyl groups excluding tert-OH is 1. The molecule has 17 heavy (non-hydrogen) atoms. The van der Waals surface area contributed by atoms with Gasteiger partial charge in [-0.3, -0.25) is 0 Å². The minimum absolute atomic E-state index is 0.385. The minimum Gasteiger partial charge on any atom is -0.439 e. The quantitative estimate of drug-likeness (QED) is 0.911. The van der Waals surface area contributed by atoms with Crippen LogP contribution in [-0.4, -0.2) is 10.1 Å². The van der Waals surface area contributed by atoms with Crippen LogP contribution in [0.15, 0.2) is 39.0 Å². The Hall–Kier alpha value is -1.33. The van der Waals surface area contributed by atoms with Crippen molar-refractivity contribution in [3.8, 4) is 0 Å². The van der Waals surface area contributed by atoms with E-state index in [0.29, 0.717) is 15.7 Å². The molecule has 0 amide bonds. The molecule has 0 bridgehead atoms. The maximum absolute atomic E-state index is 13.7. The van der Waals surface area contributed by atoms with Gasteiger partial charge in [-0.2, -0.15) is 0 Å². The largest absolute Gasteiger partial charge is 0.439 e. The van der Waals surface area contributed by atoms with Crippen molar-refractivity contribution in [2.24, 2.45) is 0 Å². The van der Waals surface area contributed by atoms with Crippen LogP contribution in [0.1, 0.15) is 24.3 Å². The summed E-state index contributed by atoms with van der Waals surface area (Å²) in [6.45, 7) is 3.40. The second kappa shape index (κ2) is 4.89. The maximum Gasteiger partial charge on any atom is 0.260 e. The highest BCUT2D eigenvalue weighted by Crippen LogP contribution is 2.30. The Balaban J connectivity index is 2.22. The van der Waals surface area contributed by atoms with Crippen molar-refractivity contribution in [2.75, 3.05) is 0 Å². The van der Waals surface area contributed by atoms with E-state index in [1.165, 1.54) is 12.3 Å². The van der Waals surface area contributed by atoms with E-state index in [4.69, 9.17) is 4.42 Å². The lowest BCUT2D eigenvalue weighted by Crippen LogP contribution is -1.92. The number of aryl methyl sites for hydroxylation is 1. The van der Waals surface area contributed by atoms with Gasteiger partial charge in [0.1, 0.15) is 12.1 Å². The fourth-order valence-electron chi connectivity index (χ4n) is 1.33. The Morgan fingerprint density at radius 1 is 1.47 bits per heavy atom. The van der Waals surface area contributed by atoms with Crippen LogP contribution in [0.5, 0.6) is 0 Å². The van der Waals surface area contributed by atoms with Gasteiger partial charge in [0.2, 0.25) is 0 Å². The highest BCUT2D eigenvalue weighted by atomic mass is 32.2. The molecular weight excluding hydrogens is 241 g/mol. The SMILES string of the molecule is Cc1coc(Sc2ccc([C@@H](C)O)cc2F)n1. The predicted octanol–water partition coefficient (Wildman–Crippen LogP) is 3.33. The average molecular weight is 253 g/mol. The maximum atomic E-state index is 13.7. The van der Waals surface area contributed by atoms with Crippen LogP contribution in [0.3, 0.4) is 0 Å². The van der Waals surface area contributed by atoms with Gasteiger partial charge in [0.05, 0.1) is 16.7 Å². The van der Waals surface area contributed by atoms with Gasteiger partial charge in [-0.1, -0.05) is 6.07 Å². The Labute approximate surface area is 103 Å². The van der Waals surface area contributed by atoms with E-state index in [1.807, 2.05) is 0 Å². The van der Waals surface area contributed by atoms with E-state index in [2.05, 4.69) is 4.98 Å². The van der Waals surface area contributed by atoms with Gasteiger partial charge < -0.3 is 9.52 Å². The first-order chi connectivity index (χ1) is 8.06. The fourth-order valence-corrected chi connectivity index (χ4v) is 2.10. The number of oxazole rings is 1. The number of halogens is 1. The molecule has 1 heterocycles. The number of benzene rings is 1. The summed E-state index contributed by atoms with van der Waals surface area (Å²) in [4.78, 5) is 4.51. The lowest BCUT2D eigenvalue weighted by Gasteiger charge is -2.06. The van der Waals surface area contributed by atoms with Gasteiger partial charge in [-0.05, 0) is 43.3 Å². The summed E-state index contributed by atoms with van der Waals surface area (Å²) in [6.07, 6.45) is 0.845. The molecule has 0 spiro atoms. The zero-order valence-electron chi connectivity index (χ0n) is 9.48. The van der Waals surface area contributed by atoms with Crippen molar-refractivity contribution in [3.63, 3.8) is 0 Å². The summed E-state index contributed by atoms with van der Waals surface area (Å²) in [7, 11) is 0. The predicted molar refractivity (Wildman–Crippen MR) is 62.4 cm³/mol. The van der Waals surface area contributed by atoms with E-state index in [0.717, 1.165) is 17.5 Å². The highest BCUT2D eigenvalue weighted by Gasteiger charge is 2.10. The summed E-state index contributed by atoms with van der Waals surface area (Å²) < 4.78 is 18.8. The van der Waals surface area contributed by atoms with E-state index in [9.17, 15) is 9.50 Å². The number of aromatic nitrogens is 1. The molecule has 1 aromatic carbocycles. The number of aliphatic hydroxyl groups is 1. The van der Waals surface area contributed by atoms with Gasteiger partial charge in [0.15, 0.2) is 0 Å². The summed E-state index contributed by atoms with van der Waals surface area (Å²) in [5.74, 6) is -0.385. The minimum atomic E-state index is -0.674. The van der Waals surface area contributed by atoms with E-state index in [1.54, 1.807) is 26.0 Å². The number of rotatable bonds is 3. The molecule has 2 aromatic rings. The molecule has 3 nitrogen and oxygen atoms in total. The topological polar surface area (TPSA) is 46.3 Å². The van der Waals surface area contributed by atoms with Crippen molar-refractivity contribution in [2.45, 2.75) is 30.1 Å². The van der Waals surface area contributed by atoms with Gasteiger partial charge >= 0.3 is 0 Å². The molecule has 0 unspecified atom stereocenters. The van der Waals surface area contributed by atoms with Crippen LogP contribution >= 0.6 is 11.8 Å². The first kappa shape index (κ1) is 12.1. The third-order valence-electron chi connectivity index (χ3n) is 2.23. The summed E-state index contributed by atoms with van der Waals surface area (Å²) in [5.41, 5.74) is 1.31. The Morgan fingerprint density at radius 2 is 2.24 bits per heavy atom. The molecule has 90 valence electrons. The van der Waals surface area contributed by atoms with Gasteiger partial charge in [-0.15, -0.1) is 0 Å². The molecule has 0 saturated carbocycles. The molecule has 1 atom stereocenters. The lowest BCUT2D eigenvalue weighted by atomic mass is 10.1. The lowest BCUT2D eigenvalue weighted by molar-refractivity contribution is 0.198. The molecule has 0 saturated heterocycles. The first-order valence-electron chi connectivity index (χ1n) is 5.14. The van der Waals surface area contributed by atoms with Crippen LogP contribution < -0.4 is 0 Å². The van der Waals surface area contributed by atoms with Crippen LogP contribution in [0.4, 0.5) is 4.39 Å². The van der Waals surface area contributed by atoms with Gasteiger partial charge in [-0.25, -0.2) is 9.37 Å². The Morgan fingerprint density at radius 3 is 2.76 bits per heavy atom. The van der Waals surface area contributed by atoms with Crippen LogP contribution in [0, 0.1) is 12.7 Å². The van der Waals surface area contributed by atoms with Gasteiger partial charge in [0, 0.05) is 0 Å². The van der Waals surface area contributed by atoms with Gasteiger partial charge in [0.25, 0.3) is 5.22 Å². The summed E-state index contributed by atoms with van der Waals surface area (Å²) >= 11 is 1.12. The van der Waals surface area contributed by atoms with Crippen molar-refractivity contribution >= 4 is 11.8 Å². The molecule has 0 aliphatic heterocycles. The van der Waals surface area contributed by atoms with E-state index >= 15 is 0 Å². The van der Waals surface area contributed by atoms with E-state index < -0.39 is 6.10 Å². The Kier molecular flexibility index (Phi) is 3.49. The second-order valence-electron chi connectivity index (χ2n) is 3.72. The number of hydrogen-bond acceptors (Lipinski definition) is 4.